The van der Waals surface area contributed by atoms with Gasteiger partial charge in [0.25, 0.3) is 0 Å². The molecule has 3 heterocycles. The Bertz CT molecular complexity index is 778. The summed E-state index contributed by atoms with van der Waals surface area (Å²) in [6.07, 6.45) is 4.03. The Labute approximate surface area is 154 Å². The maximum atomic E-state index is 12.3. The fourth-order valence-electron chi connectivity index (χ4n) is 2.92. The zero-order valence-electron chi connectivity index (χ0n) is 14.1. The molecule has 2 aromatic heterocycles. The second kappa shape index (κ2) is 6.83. The van der Waals surface area contributed by atoms with Gasteiger partial charge in [0.2, 0.25) is 0 Å². The van der Waals surface area contributed by atoms with E-state index in [9.17, 15) is 4.21 Å². The molecule has 0 aromatic carbocycles. The van der Waals surface area contributed by atoms with Gasteiger partial charge < -0.3 is 4.90 Å². The molecule has 1 unspecified atom stereocenters. The van der Waals surface area contributed by atoms with Crippen molar-refractivity contribution in [3.05, 3.63) is 28.1 Å². The number of hydrogen-bond donors (Lipinski definition) is 1. The van der Waals surface area contributed by atoms with Crippen molar-refractivity contribution >= 4 is 45.5 Å². The lowest BCUT2D eigenvalue weighted by Crippen LogP contribution is -2.33. The van der Waals surface area contributed by atoms with Gasteiger partial charge in [0, 0.05) is 25.2 Å². The summed E-state index contributed by atoms with van der Waals surface area (Å²) in [5.41, 5.74) is 1.72. The predicted octanol–water partition coefficient (Wildman–Crippen LogP) is 3.79. The van der Waals surface area contributed by atoms with Crippen LogP contribution in [0.4, 0.5) is 5.82 Å². The molecule has 0 radical (unpaired) electrons. The van der Waals surface area contributed by atoms with Crippen LogP contribution in [0.5, 0.6) is 0 Å². The second-order valence-electron chi connectivity index (χ2n) is 6.99. The number of anilines is 1. The highest BCUT2D eigenvalue weighted by molar-refractivity contribution is 7.84. The van der Waals surface area contributed by atoms with Crippen molar-refractivity contribution in [2.75, 3.05) is 18.0 Å². The lowest BCUT2D eigenvalue weighted by molar-refractivity contribution is 0.634. The summed E-state index contributed by atoms with van der Waals surface area (Å²) in [4.78, 5) is 6.52. The highest BCUT2D eigenvalue weighted by Crippen LogP contribution is 2.34. The average Bonchev–Trinajstić information content (AvgIpc) is 3.14. The standard InChI is InChI=1S/C16H22Cl2N4OS/c1-16(2,3)24(23)20-9-11-8-12(17)13-14(18)19-10-22(13)15(11)21-6-4-5-7-21/h8,10,20H,4-7,9H2,1-3H3. The summed E-state index contributed by atoms with van der Waals surface area (Å²) >= 11 is 12.6. The van der Waals surface area contributed by atoms with Crippen LogP contribution >= 0.6 is 23.2 Å². The van der Waals surface area contributed by atoms with Gasteiger partial charge >= 0.3 is 0 Å². The Kier molecular flexibility index (Phi) is 5.12. The van der Waals surface area contributed by atoms with Gasteiger partial charge in [-0.25, -0.2) is 13.9 Å². The summed E-state index contributed by atoms with van der Waals surface area (Å²) in [6.45, 7) is 8.29. The number of rotatable bonds is 4. The maximum Gasteiger partial charge on any atom is 0.156 e. The summed E-state index contributed by atoms with van der Waals surface area (Å²) in [5, 5.41) is 0.956. The Morgan fingerprint density at radius 2 is 1.96 bits per heavy atom. The SMILES string of the molecule is CC(C)(C)S(=O)NCc1cc(Cl)c2c(Cl)ncn2c1N1CCCC1. The molecule has 8 heteroatoms. The van der Waals surface area contributed by atoms with Gasteiger partial charge in [-0.1, -0.05) is 23.2 Å². The van der Waals surface area contributed by atoms with Crippen LogP contribution in [-0.2, 0) is 17.5 Å². The molecule has 3 rings (SSSR count). The van der Waals surface area contributed by atoms with Gasteiger partial charge in [-0.15, -0.1) is 0 Å². The average molecular weight is 389 g/mol. The molecule has 1 N–H and O–H groups in total. The Hall–Kier alpha value is -0.820. The van der Waals surface area contributed by atoms with Crippen LogP contribution in [-0.4, -0.2) is 31.4 Å². The topological polar surface area (TPSA) is 49.6 Å². The predicted molar refractivity (Wildman–Crippen MR) is 101 cm³/mol. The summed E-state index contributed by atoms with van der Waals surface area (Å²) in [6, 6.07) is 1.91. The molecule has 0 aliphatic carbocycles. The van der Waals surface area contributed by atoms with Crippen molar-refractivity contribution in [1.29, 1.82) is 0 Å². The quantitative estimate of drug-likeness (QED) is 0.866. The zero-order valence-corrected chi connectivity index (χ0v) is 16.4. The first-order chi connectivity index (χ1) is 11.3. The van der Waals surface area contributed by atoms with Gasteiger partial charge in [0.05, 0.1) is 20.8 Å². The van der Waals surface area contributed by atoms with E-state index < -0.39 is 11.0 Å². The van der Waals surface area contributed by atoms with Crippen LogP contribution in [0.15, 0.2) is 12.4 Å². The minimum atomic E-state index is -1.15. The molecule has 1 aliphatic rings. The van der Waals surface area contributed by atoms with Gasteiger partial charge in [0.1, 0.15) is 17.7 Å². The third-order valence-electron chi connectivity index (χ3n) is 4.12. The van der Waals surface area contributed by atoms with Crippen LogP contribution in [0.2, 0.25) is 10.2 Å². The molecule has 0 spiro atoms. The zero-order chi connectivity index (χ0) is 17.5. The molecule has 1 aliphatic heterocycles. The number of imidazole rings is 1. The number of nitrogens with one attached hydrogen (secondary N) is 1. The Morgan fingerprint density at radius 3 is 2.58 bits per heavy atom. The number of halogens is 2. The first kappa shape index (κ1) is 18.0. The molecular formula is C16H22Cl2N4OS. The minimum absolute atomic E-state index is 0.319. The molecule has 0 amide bonds. The van der Waals surface area contributed by atoms with Gasteiger partial charge in [-0.05, 0) is 39.7 Å². The van der Waals surface area contributed by atoms with E-state index in [-0.39, 0.29) is 4.75 Å². The Balaban J connectivity index is 2.02. The second-order valence-corrected chi connectivity index (χ2v) is 9.81. The molecule has 0 bridgehead atoms. The third-order valence-corrected chi connectivity index (χ3v) is 6.20. The number of aromatic nitrogens is 2. The fourth-order valence-corrected chi connectivity index (χ4v) is 4.23. The largest absolute Gasteiger partial charge is 0.357 e. The summed E-state index contributed by atoms with van der Waals surface area (Å²) in [7, 11) is -1.15. The lowest BCUT2D eigenvalue weighted by Gasteiger charge is -2.24. The maximum absolute atomic E-state index is 12.3. The van der Waals surface area contributed by atoms with E-state index in [1.165, 1.54) is 0 Å². The molecule has 1 atom stereocenters. The molecule has 0 saturated carbocycles. The van der Waals surface area contributed by atoms with Crippen LogP contribution in [0, 0.1) is 0 Å². The van der Waals surface area contributed by atoms with Gasteiger partial charge in [0.15, 0.2) is 5.15 Å². The van der Waals surface area contributed by atoms with E-state index in [4.69, 9.17) is 23.2 Å². The lowest BCUT2D eigenvalue weighted by atomic mass is 10.2. The van der Waals surface area contributed by atoms with Crippen LogP contribution in [0.1, 0.15) is 39.2 Å². The molecule has 24 heavy (non-hydrogen) atoms. The molecule has 1 saturated heterocycles. The molecule has 2 aromatic rings. The highest BCUT2D eigenvalue weighted by Gasteiger charge is 2.24. The van der Waals surface area contributed by atoms with Crippen molar-refractivity contribution in [2.45, 2.75) is 44.9 Å². The van der Waals surface area contributed by atoms with E-state index in [2.05, 4.69) is 14.6 Å². The first-order valence-corrected chi connectivity index (χ1v) is 9.94. The minimum Gasteiger partial charge on any atom is -0.357 e. The monoisotopic (exact) mass is 388 g/mol. The number of hydrogen-bond acceptors (Lipinski definition) is 3. The van der Waals surface area contributed by atoms with Crippen LogP contribution < -0.4 is 9.62 Å². The van der Waals surface area contributed by atoms with Crippen molar-refractivity contribution in [3.8, 4) is 0 Å². The van der Waals surface area contributed by atoms with E-state index >= 15 is 0 Å². The van der Waals surface area contributed by atoms with Crippen molar-refractivity contribution in [1.82, 2.24) is 14.1 Å². The molecule has 5 nitrogen and oxygen atoms in total. The van der Waals surface area contributed by atoms with Crippen molar-refractivity contribution in [2.24, 2.45) is 0 Å². The van der Waals surface area contributed by atoms with E-state index in [0.717, 1.165) is 42.8 Å². The first-order valence-electron chi connectivity index (χ1n) is 8.03. The number of pyridine rings is 1. The van der Waals surface area contributed by atoms with E-state index in [1.807, 2.05) is 31.2 Å². The van der Waals surface area contributed by atoms with Gasteiger partial charge in [-0.3, -0.25) is 4.40 Å². The van der Waals surface area contributed by atoms with Crippen LogP contribution in [0.3, 0.4) is 0 Å². The highest BCUT2D eigenvalue weighted by atomic mass is 35.5. The smallest absolute Gasteiger partial charge is 0.156 e. The van der Waals surface area contributed by atoms with Crippen molar-refractivity contribution in [3.63, 3.8) is 0 Å². The number of fused-ring (bicyclic) bond motifs is 1. The molecule has 1 fully saturated rings. The third kappa shape index (κ3) is 3.43. The van der Waals surface area contributed by atoms with E-state index in [0.29, 0.717) is 16.7 Å². The molecule has 132 valence electrons. The number of nitrogens with zero attached hydrogens (tertiary/aromatic N) is 3. The molecular weight excluding hydrogens is 367 g/mol. The van der Waals surface area contributed by atoms with Gasteiger partial charge in [-0.2, -0.15) is 0 Å². The normalized spacial score (nSPS) is 17.0. The fraction of sp³-hybridized carbons (Fsp3) is 0.562. The van der Waals surface area contributed by atoms with Crippen LogP contribution in [0.25, 0.3) is 5.52 Å². The summed E-state index contributed by atoms with van der Waals surface area (Å²) in [5.74, 6) is 1.03. The summed E-state index contributed by atoms with van der Waals surface area (Å²) < 4.78 is 17.1. The van der Waals surface area contributed by atoms with Crippen molar-refractivity contribution < 1.29 is 4.21 Å². The van der Waals surface area contributed by atoms with E-state index in [1.54, 1.807) is 6.33 Å². The Morgan fingerprint density at radius 1 is 1.29 bits per heavy atom.